The van der Waals surface area contributed by atoms with E-state index in [-0.39, 0.29) is 24.3 Å². The Labute approximate surface area is 121 Å². The standard InChI is InChI=1S/C16H25NO3/c1-11(2)17(12(3)4)16(18)20-13(5)14-9-7-8-10-15(14)19-6/h7-13H,1-6H3/t13-/m0/s1. The number of ether oxygens (including phenoxy) is 2. The summed E-state index contributed by atoms with van der Waals surface area (Å²) in [7, 11) is 1.61. The summed E-state index contributed by atoms with van der Waals surface area (Å²) in [6.45, 7) is 9.78. The fraction of sp³-hybridized carbons (Fsp3) is 0.562. The third-order valence-electron chi connectivity index (χ3n) is 3.18. The summed E-state index contributed by atoms with van der Waals surface area (Å²) in [5, 5.41) is 0. The molecule has 0 fully saturated rings. The molecule has 4 nitrogen and oxygen atoms in total. The number of rotatable bonds is 5. The molecular weight excluding hydrogens is 254 g/mol. The lowest BCUT2D eigenvalue weighted by molar-refractivity contribution is 0.0504. The normalized spacial score (nSPS) is 12.4. The summed E-state index contributed by atoms with van der Waals surface area (Å²) >= 11 is 0. The second-order valence-corrected chi connectivity index (χ2v) is 5.36. The van der Waals surface area contributed by atoms with Crippen molar-refractivity contribution in [3.05, 3.63) is 29.8 Å². The van der Waals surface area contributed by atoms with Gasteiger partial charge < -0.3 is 14.4 Å². The summed E-state index contributed by atoms with van der Waals surface area (Å²) in [6.07, 6.45) is -0.646. The molecule has 112 valence electrons. The van der Waals surface area contributed by atoms with E-state index in [4.69, 9.17) is 9.47 Å². The van der Waals surface area contributed by atoms with Crippen molar-refractivity contribution in [1.82, 2.24) is 4.90 Å². The Morgan fingerprint density at radius 1 is 1.05 bits per heavy atom. The van der Waals surface area contributed by atoms with Crippen molar-refractivity contribution in [3.63, 3.8) is 0 Å². The van der Waals surface area contributed by atoms with E-state index in [0.29, 0.717) is 0 Å². The first kappa shape index (κ1) is 16.3. The Bertz CT molecular complexity index is 435. The smallest absolute Gasteiger partial charge is 0.410 e. The van der Waals surface area contributed by atoms with Crippen LogP contribution in [0.1, 0.15) is 46.3 Å². The van der Waals surface area contributed by atoms with E-state index in [1.807, 2.05) is 58.9 Å². The van der Waals surface area contributed by atoms with Crippen LogP contribution in [0.3, 0.4) is 0 Å². The monoisotopic (exact) mass is 279 g/mol. The summed E-state index contributed by atoms with van der Waals surface area (Å²) in [6, 6.07) is 7.78. The predicted molar refractivity (Wildman–Crippen MR) is 80.0 cm³/mol. The third kappa shape index (κ3) is 3.89. The number of nitrogens with zero attached hydrogens (tertiary/aromatic N) is 1. The highest BCUT2D eigenvalue weighted by molar-refractivity contribution is 5.68. The maximum absolute atomic E-state index is 12.3. The molecule has 1 amide bonds. The second-order valence-electron chi connectivity index (χ2n) is 5.36. The number of hydrogen-bond acceptors (Lipinski definition) is 3. The SMILES string of the molecule is COc1ccccc1[C@H](C)OC(=O)N(C(C)C)C(C)C. The largest absolute Gasteiger partial charge is 0.496 e. The summed E-state index contributed by atoms with van der Waals surface area (Å²) in [5.74, 6) is 0.730. The zero-order valence-electron chi connectivity index (χ0n) is 13.2. The first-order valence-corrected chi connectivity index (χ1v) is 7.00. The van der Waals surface area contributed by atoms with Crippen LogP contribution in [-0.2, 0) is 4.74 Å². The van der Waals surface area contributed by atoms with Gasteiger partial charge in [0, 0.05) is 17.6 Å². The molecule has 1 aromatic rings. The zero-order chi connectivity index (χ0) is 15.3. The summed E-state index contributed by atoms with van der Waals surface area (Å²) < 4.78 is 10.9. The second kappa shape index (κ2) is 7.17. The van der Waals surface area contributed by atoms with Crippen molar-refractivity contribution in [3.8, 4) is 5.75 Å². The molecule has 1 rings (SSSR count). The molecular formula is C16H25NO3. The van der Waals surface area contributed by atoms with Gasteiger partial charge in [-0.25, -0.2) is 4.79 Å². The fourth-order valence-electron chi connectivity index (χ4n) is 2.30. The van der Waals surface area contributed by atoms with Crippen LogP contribution in [0.5, 0.6) is 5.75 Å². The molecule has 1 aromatic carbocycles. The van der Waals surface area contributed by atoms with Crippen LogP contribution >= 0.6 is 0 Å². The maximum atomic E-state index is 12.3. The number of carbonyl (C=O) groups excluding carboxylic acids is 1. The van der Waals surface area contributed by atoms with Crippen LogP contribution in [-0.4, -0.2) is 30.2 Å². The molecule has 0 aliphatic heterocycles. The van der Waals surface area contributed by atoms with Crippen LogP contribution in [0.25, 0.3) is 0 Å². The van der Waals surface area contributed by atoms with E-state index in [1.54, 1.807) is 12.0 Å². The number of hydrogen-bond donors (Lipinski definition) is 0. The average molecular weight is 279 g/mol. The molecule has 0 aromatic heterocycles. The van der Waals surface area contributed by atoms with Gasteiger partial charge in [-0.3, -0.25) is 0 Å². The Balaban J connectivity index is 2.84. The minimum atomic E-state index is -0.348. The van der Waals surface area contributed by atoms with Gasteiger partial charge in [-0.05, 0) is 40.7 Å². The number of methoxy groups -OCH3 is 1. The van der Waals surface area contributed by atoms with Crippen molar-refractivity contribution in [2.24, 2.45) is 0 Å². The van der Waals surface area contributed by atoms with Crippen molar-refractivity contribution < 1.29 is 14.3 Å². The molecule has 20 heavy (non-hydrogen) atoms. The minimum Gasteiger partial charge on any atom is -0.496 e. The van der Waals surface area contributed by atoms with Gasteiger partial charge in [0.15, 0.2) is 0 Å². The molecule has 0 aliphatic rings. The Hall–Kier alpha value is -1.71. The van der Waals surface area contributed by atoms with Crippen molar-refractivity contribution in [2.45, 2.75) is 52.8 Å². The quantitative estimate of drug-likeness (QED) is 0.817. The molecule has 0 heterocycles. The Morgan fingerprint density at radius 2 is 1.60 bits per heavy atom. The Morgan fingerprint density at radius 3 is 2.10 bits per heavy atom. The van der Waals surface area contributed by atoms with Gasteiger partial charge >= 0.3 is 6.09 Å². The van der Waals surface area contributed by atoms with E-state index < -0.39 is 0 Å². The number of benzene rings is 1. The van der Waals surface area contributed by atoms with Gasteiger partial charge in [0.05, 0.1) is 7.11 Å². The van der Waals surface area contributed by atoms with Crippen LogP contribution in [0, 0.1) is 0 Å². The predicted octanol–water partition coefficient (Wildman–Crippen LogP) is 4.01. The summed E-state index contributed by atoms with van der Waals surface area (Å²) in [5.41, 5.74) is 0.871. The maximum Gasteiger partial charge on any atom is 0.410 e. The van der Waals surface area contributed by atoms with E-state index >= 15 is 0 Å². The molecule has 1 atom stereocenters. The minimum absolute atomic E-state index is 0.104. The molecule has 0 saturated heterocycles. The van der Waals surface area contributed by atoms with E-state index in [0.717, 1.165) is 11.3 Å². The van der Waals surface area contributed by atoms with E-state index in [9.17, 15) is 4.79 Å². The van der Waals surface area contributed by atoms with Gasteiger partial charge in [0.1, 0.15) is 11.9 Å². The summed E-state index contributed by atoms with van der Waals surface area (Å²) in [4.78, 5) is 14.0. The molecule has 0 N–H and O–H groups in total. The number of carbonyl (C=O) groups is 1. The van der Waals surface area contributed by atoms with Gasteiger partial charge in [-0.2, -0.15) is 0 Å². The van der Waals surface area contributed by atoms with Gasteiger partial charge in [0.25, 0.3) is 0 Å². The topological polar surface area (TPSA) is 38.8 Å². The molecule has 0 saturated carbocycles. The zero-order valence-corrected chi connectivity index (χ0v) is 13.2. The van der Waals surface area contributed by atoms with Gasteiger partial charge in [-0.1, -0.05) is 18.2 Å². The van der Waals surface area contributed by atoms with Crippen LogP contribution < -0.4 is 4.74 Å². The van der Waals surface area contributed by atoms with E-state index in [2.05, 4.69) is 0 Å². The molecule has 0 unspecified atom stereocenters. The van der Waals surface area contributed by atoms with Gasteiger partial charge in [0.2, 0.25) is 0 Å². The molecule has 0 radical (unpaired) electrons. The molecule has 4 heteroatoms. The first-order valence-electron chi connectivity index (χ1n) is 7.00. The third-order valence-corrected chi connectivity index (χ3v) is 3.18. The van der Waals surface area contributed by atoms with Crippen molar-refractivity contribution in [2.75, 3.05) is 7.11 Å². The van der Waals surface area contributed by atoms with Gasteiger partial charge in [-0.15, -0.1) is 0 Å². The lowest BCUT2D eigenvalue weighted by Crippen LogP contribution is -2.42. The Kier molecular flexibility index (Phi) is 5.86. The van der Waals surface area contributed by atoms with E-state index in [1.165, 1.54) is 0 Å². The van der Waals surface area contributed by atoms with Crippen LogP contribution in [0.2, 0.25) is 0 Å². The van der Waals surface area contributed by atoms with Crippen molar-refractivity contribution >= 4 is 6.09 Å². The highest BCUT2D eigenvalue weighted by atomic mass is 16.6. The lowest BCUT2D eigenvalue weighted by Gasteiger charge is -2.31. The molecule has 0 bridgehead atoms. The number of amides is 1. The number of para-hydroxylation sites is 1. The lowest BCUT2D eigenvalue weighted by atomic mass is 10.1. The van der Waals surface area contributed by atoms with Crippen LogP contribution in [0.4, 0.5) is 4.79 Å². The van der Waals surface area contributed by atoms with Crippen molar-refractivity contribution in [1.29, 1.82) is 0 Å². The van der Waals surface area contributed by atoms with Crippen LogP contribution in [0.15, 0.2) is 24.3 Å². The fourth-order valence-corrected chi connectivity index (χ4v) is 2.30. The first-order chi connectivity index (χ1) is 9.38. The highest BCUT2D eigenvalue weighted by Crippen LogP contribution is 2.27. The highest BCUT2D eigenvalue weighted by Gasteiger charge is 2.24. The molecule has 0 spiro atoms. The average Bonchev–Trinajstić information content (AvgIpc) is 2.37. The molecule has 0 aliphatic carbocycles.